The Hall–Kier alpha value is -6.25. The van der Waals surface area contributed by atoms with Crippen molar-refractivity contribution >= 4 is 32.7 Å². The molecule has 2 aromatic heterocycles. The first-order valence-corrected chi connectivity index (χ1v) is 17.4. The van der Waals surface area contributed by atoms with E-state index in [1.54, 1.807) is 0 Å². The second kappa shape index (κ2) is 10.9. The summed E-state index contributed by atoms with van der Waals surface area (Å²) in [4.78, 5) is 4.68. The zero-order chi connectivity index (χ0) is 33.4. The zero-order valence-electron chi connectivity index (χ0n) is 28.1. The molecular weight excluding hydrogens is 605 g/mol. The molecule has 1 aliphatic carbocycles. The van der Waals surface area contributed by atoms with E-state index in [4.69, 9.17) is 0 Å². The number of fused-ring (bicyclic) bond motifs is 7. The van der Waals surface area contributed by atoms with Gasteiger partial charge in [0.05, 0.1) is 16.6 Å². The summed E-state index contributed by atoms with van der Waals surface area (Å²) in [5.74, 6) is 0. The van der Waals surface area contributed by atoms with Gasteiger partial charge < -0.3 is 4.57 Å². The predicted octanol–water partition coefficient (Wildman–Crippen LogP) is 12.6. The van der Waals surface area contributed by atoms with Gasteiger partial charge in [0.1, 0.15) is 0 Å². The SMILES string of the molecule is CC1(C)c2cc(-c3ccc(-c4cccc5cccnc45)cc3)ccc2-c2ccc(-c3cccc(-n4c5ccccc5c5ccccc54)c3)cc21. The van der Waals surface area contributed by atoms with Crippen LogP contribution in [-0.2, 0) is 5.41 Å². The van der Waals surface area contributed by atoms with Crippen molar-refractivity contribution in [3.8, 4) is 50.2 Å². The van der Waals surface area contributed by atoms with Gasteiger partial charge in [0.15, 0.2) is 0 Å². The minimum absolute atomic E-state index is 0.129. The Balaban J connectivity index is 1.00. The molecule has 2 heteroatoms. The molecule has 0 unspecified atom stereocenters. The Morgan fingerprint density at radius 1 is 0.440 bits per heavy atom. The summed E-state index contributed by atoms with van der Waals surface area (Å²) >= 11 is 0. The first-order valence-electron chi connectivity index (χ1n) is 17.4. The lowest BCUT2D eigenvalue weighted by atomic mass is 9.81. The van der Waals surface area contributed by atoms with Crippen LogP contribution in [0.1, 0.15) is 25.0 Å². The average molecular weight is 639 g/mol. The monoisotopic (exact) mass is 638 g/mol. The van der Waals surface area contributed by atoms with Gasteiger partial charge in [0, 0.05) is 39.0 Å². The highest BCUT2D eigenvalue weighted by molar-refractivity contribution is 6.09. The third-order valence-electron chi connectivity index (χ3n) is 10.9. The summed E-state index contributed by atoms with van der Waals surface area (Å²) in [6.45, 7) is 4.74. The molecule has 0 saturated carbocycles. The maximum Gasteiger partial charge on any atom is 0.0780 e. The molecule has 0 radical (unpaired) electrons. The number of benzene rings is 7. The lowest BCUT2D eigenvalue weighted by molar-refractivity contribution is 0.661. The van der Waals surface area contributed by atoms with Gasteiger partial charge in [-0.25, -0.2) is 0 Å². The zero-order valence-corrected chi connectivity index (χ0v) is 28.1. The standard InChI is InChI=1S/C48H34N2/c1-48(2)43-29-35(31-19-21-32(22-20-31)38-16-8-10-33-12-9-27-49-47(33)38)23-25-39(43)40-26-24-36(30-44(40)48)34-11-7-13-37(28-34)50-45-17-5-3-14-41(45)42-15-4-6-18-46(42)50/h3-30H,1-2H3. The van der Waals surface area contributed by atoms with Gasteiger partial charge >= 0.3 is 0 Å². The Labute approximate surface area is 291 Å². The Bertz CT molecular complexity index is 2720. The van der Waals surface area contributed by atoms with Crippen molar-refractivity contribution in [2.75, 3.05) is 0 Å². The average Bonchev–Trinajstić information content (AvgIpc) is 3.63. The molecule has 7 aromatic carbocycles. The number of aromatic nitrogens is 2. The third-order valence-corrected chi connectivity index (χ3v) is 10.9. The fourth-order valence-electron chi connectivity index (χ4n) is 8.30. The Kier molecular flexibility index (Phi) is 6.25. The molecule has 0 aliphatic heterocycles. The lowest BCUT2D eigenvalue weighted by Gasteiger charge is -2.23. The van der Waals surface area contributed by atoms with Crippen LogP contribution in [0.5, 0.6) is 0 Å². The predicted molar refractivity (Wildman–Crippen MR) is 210 cm³/mol. The van der Waals surface area contributed by atoms with Crippen LogP contribution < -0.4 is 0 Å². The van der Waals surface area contributed by atoms with Gasteiger partial charge in [-0.3, -0.25) is 4.98 Å². The van der Waals surface area contributed by atoms with Crippen molar-refractivity contribution < 1.29 is 0 Å². The van der Waals surface area contributed by atoms with Gasteiger partial charge in [-0.05, 0) is 92.5 Å². The largest absolute Gasteiger partial charge is 0.309 e. The molecule has 0 saturated heterocycles. The molecule has 236 valence electrons. The van der Waals surface area contributed by atoms with E-state index in [0.29, 0.717) is 0 Å². The lowest BCUT2D eigenvalue weighted by Crippen LogP contribution is -2.15. The molecule has 0 spiro atoms. The molecule has 9 aromatic rings. The maximum atomic E-state index is 4.68. The van der Waals surface area contributed by atoms with Crippen molar-refractivity contribution in [3.63, 3.8) is 0 Å². The van der Waals surface area contributed by atoms with E-state index in [-0.39, 0.29) is 5.41 Å². The highest BCUT2D eigenvalue weighted by Gasteiger charge is 2.36. The summed E-state index contributed by atoms with van der Waals surface area (Å²) in [5, 5.41) is 3.72. The van der Waals surface area contributed by atoms with Gasteiger partial charge in [-0.1, -0.05) is 135 Å². The van der Waals surface area contributed by atoms with Crippen LogP contribution in [0.4, 0.5) is 0 Å². The number of para-hydroxylation sites is 3. The molecule has 0 bridgehead atoms. The molecule has 10 rings (SSSR count). The number of nitrogens with zero attached hydrogens (tertiary/aromatic N) is 2. The smallest absolute Gasteiger partial charge is 0.0780 e. The van der Waals surface area contributed by atoms with Crippen LogP contribution >= 0.6 is 0 Å². The summed E-state index contributed by atoms with van der Waals surface area (Å²) in [7, 11) is 0. The summed E-state index contributed by atoms with van der Waals surface area (Å²) in [5.41, 5.74) is 17.2. The van der Waals surface area contributed by atoms with Crippen molar-refractivity contribution in [3.05, 3.63) is 181 Å². The van der Waals surface area contributed by atoms with E-state index in [1.807, 2.05) is 12.3 Å². The summed E-state index contributed by atoms with van der Waals surface area (Å²) in [6.07, 6.45) is 1.87. The molecule has 2 heterocycles. The maximum absolute atomic E-state index is 4.68. The summed E-state index contributed by atoms with van der Waals surface area (Å²) in [6, 6.07) is 59.9. The van der Waals surface area contributed by atoms with Crippen LogP contribution in [0, 0.1) is 0 Å². The van der Waals surface area contributed by atoms with E-state index in [0.717, 1.165) is 16.5 Å². The van der Waals surface area contributed by atoms with Crippen LogP contribution in [0.25, 0.3) is 82.9 Å². The van der Waals surface area contributed by atoms with Crippen molar-refractivity contribution in [1.29, 1.82) is 0 Å². The van der Waals surface area contributed by atoms with E-state index < -0.39 is 0 Å². The van der Waals surface area contributed by atoms with E-state index in [1.165, 1.54) is 77.6 Å². The van der Waals surface area contributed by atoms with E-state index >= 15 is 0 Å². The van der Waals surface area contributed by atoms with Crippen molar-refractivity contribution in [2.45, 2.75) is 19.3 Å². The molecule has 0 amide bonds. The third kappa shape index (κ3) is 4.32. The quantitative estimate of drug-likeness (QED) is 0.188. The number of rotatable bonds is 4. The van der Waals surface area contributed by atoms with Crippen LogP contribution in [0.3, 0.4) is 0 Å². The molecule has 2 nitrogen and oxygen atoms in total. The molecule has 50 heavy (non-hydrogen) atoms. The molecule has 0 N–H and O–H groups in total. The number of pyridine rings is 1. The topological polar surface area (TPSA) is 17.8 Å². The minimum Gasteiger partial charge on any atom is -0.309 e. The van der Waals surface area contributed by atoms with Gasteiger partial charge in [-0.15, -0.1) is 0 Å². The van der Waals surface area contributed by atoms with E-state index in [2.05, 4.69) is 181 Å². The highest BCUT2D eigenvalue weighted by Crippen LogP contribution is 2.51. The second-order valence-corrected chi connectivity index (χ2v) is 14.0. The molecule has 0 atom stereocenters. The first-order chi connectivity index (χ1) is 24.5. The van der Waals surface area contributed by atoms with Crippen molar-refractivity contribution in [2.24, 2.45) is 0 Å². The Morgan fingerprint density at radius 3 is 1.70 bits per heavy atom. The summed E-state index contributed by atoms with van der Waals surface area (Å²) < 4.78 is 2.40. The van der Waals surface area contributed by atoms with Crippen molar-refractivity contribution in [1.82, 2.24) is 9.55 Å². The van der Waals surface area contributed by atoms with E-state index in [9.17, 15) is 0 Å². The first kappa shape index (κ1) is 28.7. The van der Waals surface area contributed by atoms with Crippen LogP contribution in [0.15, 0.2) is 170 Å². The van der Waals surface area contributed by atoms with Crippen LogP contribution in [0.2, 0.25) is 0 Å². The number of hydrogen-bond donors (Lipinski definition) is 0. The van der Waals surface area contributed by atoms with Crippen LogP contribution in [-0.4, -0.2) is 9.55 Å². The second-order valence-electron chi connectivity index (χ2n) is 14.0. The van der Waals surface area contributed by atoms with Gasteiger partial charge in [0.2, 0.25) is 0 Å². The molecule has 0 fully saturated rings. The normalized spacial score (nSPS) is 13.2. The van der Waals surface area contributed by atoms with Gasteiger partial charge in [-0.2, -0.15) is 0 Å². The van der Waals surface area contributed by atoms with Gasteiger partial charge in [0.25, 0.3) is 0 Å². The molecule has 1 aliphatic rings. The fourth-order valence-corrected chi connectivity index (χ4v) is 8.30. The highest BCUT2D eigenvalue weighted by atomic mass is 15.0. The molecular formula is C48H34N2. The fraction of sp³-hybridized carbons (Fsp3) is 0.0625. The Morgan fingerprint density at radius 2 is 1.00 bits per heavy atom. The minimum atomic E-state index is -0.129. The number of hydrogen-bond acceptors (Lipinski definition) is 1.